The molecule has 14 bridgehead atoms. The molecule has 0 radical (unpaired) electrons. The number of nitrogens with one attached hydrogen (secondary N) is 2. The Morgan fingerprint density at radius 3 is 2.48 bits per heavy atom. The molecular formula is C88H104N2O5. The largest absolute Gasteiger partial charge is 0.516 e. The lowest BCUT2D eigenvalue weighted by molar-refractivity contribution is -0.179. The van der Waals surface area contributed by atoms with Crippen molar-refractivity contribution in [1.82, 2.24) is 10.6 Å². The van der Waals surface area contributed by atoms with Gasteiger partial charge in [0.1, 0.15) is 0 Å². The molecule has 7 heteroatoms. The van der Waals surface area contributed by atoms with E-state index in [2.05, 4.69) is 159 Å². The van der Waals surface area contributed by atoms with Gasteiger partial charge in [-0.2, -0.15) is 0 Å². The number of rotatable bonds is 8. The van der Waals surface area contributed by atoms with Crippen LogP contribution in [0.5, 0.6) is 0 Å². The molecule has 3 spiro atoms. The van der Waals surface area contributed by atoms with Gasteiger partial charge in [-0.1, -0.05) is 185 Å². The number of benzene rings is 4. The molecule has 6 N–H and O–H groups in total. The van der Waals surface area contributed by atoms with Gasteiger partial charge in [-0.05, 0) is 264 Å². The van der Waals surface area contributed by atoms with Crippen LogP contribution < -0.4 is 21.1 Å². The molecule has 6 heterocycles. The number of aryl methyl sites for hydroxylation is 1. The Morgan fingerprint density at radius 1 is 0.800 bits per heavy atom. The number of allylic oxidation sites excluding steroid dienone is 10. The number of unbranched alkanes of at least 4 members (excludes halogenated alkanes) is 2. The Kier molecular flexibility index (Phi) is 14.5. The van der Waals surface area contributed by atoms with E-state index in [1.807, 2.05) is 0 Å². The average molecular weight is 1270 g/mol. The summed E-state index contributed by atoms with van der Waals surface area (Å²) >= 11 is 0. The van der Waals surface area contributed by atoms with E-state index in [1.54, 1.807) is 16.7 Å². The summed E-state index contributed by atoms with van der Waals surface area (Å²) in [5.74, 6) is 1.30. The molecule has 12 aliphatic carbocycles. The fourth-order valence-electron chi connectivity index (χ4n) is 27.2. The summed E-state index contributed by atoms with van der Waals surface area (Å²) in [5, 5.41) is 64.8. The third-order valence-electron chi connectivity index (χ3n) is 30.8. The Hall–Kier alpha value is -6.15. The average Bonchev–Trinajstić information content (AvgIpc) is 1.61. The number of dihydropyridines is 1. The summed E-state index contributed by atoms with van der Waals surface area (Å²) in [6.45, 7) is 8.90. The topological polar surface area (TPSA) is 122 Å². The summed E-state index contributed by atoms with van der Waals surface area (Å²) < 4.78 is 0. The van der Waals surface area contributed by atoms with Crippen molar-refractivity contribution in [3.63, 3.8) is 0 Å². The summed E-state index contributed by atoms with van der Waals surface area (Å²) in [6.07, 6.45) is 46.4. The fourth-order valence-corrected chi connectivity index (χ4v) is 27.2. The molecule has 4 aromatic carbocycles. The van der Waals surface area contributed by atoms with Crippen LogP contribution in [0.3, 0.4) is 0 Å². The molecular weight excluding hydrogens is 1160 g/mol. The van der Waals surface area contributed by atoms with Crippen LogP contribution in [0, 0.1) is 85.2 Å². The van der Waals surface area contributed by atoms with Gasteiger partial charge in [0.25, 0.3) is 0 Å². The summed E-state index contributed by atoms with van der Waals surface area (Å²) in [7, 11) is 0. The molecule has 5 saturated carbocycles. The molecule has 22 rings (SSSR count). The van der Waals surface area contributed by atoms with E-state index in [0.29, 0.717) is 37.5 Å². The molecule has 95 heavy (non-hydrogen) atoms. The predicted octanol–water partition coefficient (Wildman–Crippen LogP) is 16.9. The van der Waals surface area contributed by atoms with E-state index in [4.69, 9.17) is 0 Å². The van der Waals surface area contributed by atoms with Crippen LogP contribution in [0.1, 0.15) is 202 Å². The number of aliphatic hydroxyl groups is 3. The van der Waals surface area contributed by atoms with E-state index in [9.17, 15) is 20.4 Å². The van der Waals surface area contributed by atoms with E-state index < -0.39 is 45.8 Å². The molecule has 0 amide bonds. The van der Waals surface area contributed by atoms with Crippen LogP contribution in [-0.4, -0.2) is 51.7 Å². The number of aliphatic carboxylic acids is 1. The SMILES string of the molecule is CCCCCc1ccccc1CC1CCC2(CCC3C2C=CC24C(O)CC35C3=C(CCC52C)C25C6C=c7ccc8cccc9c8c7C2C(=CC2(C=CCC(C)(C(O)C6)C25)C3)C=9Cc2cccc(c2)C2=CC=C(NCCCC(C3CCCCC3)C(=CO)CCC4C(=O)O)NC2)C1. The maximum Gasteiger partial charge on any atom is 0.307 e. The van der Waals surface area contributed by atoms with Crippen molar-refractivity contribution in [2.45, 2.75) is 206 Å². The Balaban J connectivity index is 0.861. The molecule has 5 fully saturated rings. The minimum Gasteiger partial charge on any atom is -0.516 e. The van der Waals surface area contributed by atoms with Crippen molar-refractivity contribution < 1.29 is 25.2 Å². The maximum atomic E-state index is 15.3. The molecule has 6 aliphatic heterocycles. The monoisotopic (exact) mass is 1270 g/mol. The van der Waals surface area contributed by atoms with Crippen LogP contribution in [0.2, 0.25) is 0 Å². The van der Waals surface area contributed by atoms with E-state index >= 15 is 4.79 Å². The normalized spacial score (nSPS) is 40.6. The van der Waals surface area contributed by atoms with Gasteiger partial charge in [-0.15, -0.1) is 0 Å². The van der Waals surface area contributed by atoms with Gasteiger partial charge >= 0.3 is 5.97 Å². The number of carbonyl (C=O) groups is 1. The highest BCUT2D eigenvalue weighted by atomic mass is 16.4. The smallest absolute Gasteiger partial charge is 0.307 e. The third-order valence-corrected chi connectivity index (χ3v) is 30.8. The summed E-state index contributed by atoms with van der Waals surface area (Å²) in [6, 6.07) is 30.7. The van der Waals surface area contributed by atoms with E-state index in [-0.39, 0.29) is 51.8 Å². The number of hydrogen-bond donors (Lipinski definition) is 6. The number of aliphatic hydroxyl groups excluding tert-OH is 3. The number of carboxylic acids is 1. The number of hydrogen-bond acceptors (Lipinski definition) is 6. The van der Waals surface area contributed by atoms with Gasteiger partial charge in [-0.25, -0.2) is 0 Å². The molecule has 4 aromatic rings. The molecule has 17 atom stereocenters. The number of carboxylic acid groups (broad SMARTS) is 1. The molecule has 7 nitrogen and oxygen atoms in total. The molecule has 0 aromatic heterocycles. The van der Waals surface area contributed by atoms with Crippen molar-refractivity contribution in [2.24, 2.45) is 85.2 Å². The van der Waals surface area contributed by atoms with E-state index in [1.165, 1.54) is 131 Å². The first-order valence-corrected chi connectivity index (χ1v) is 38.3. The second-order valence-electron chi connectivity index (χ2n) is 34.3. The van der Waals surface area contributed by atoms with Crippen LogP contribution >= 0.6 is 0 Å². The minimum atomic E-state index is -1.06. The van der Waals surface area contributed by atoms with Crippen LogP contribution in [0.25, 0.3) is 28.0 Å². The minimum absolute atomic E-state index is 0.0605. The van der Waals surface area contributed by atoms with Gasteiger partial charge in [0, 0.05) is 46.1 Å². The molecule has 496 valence electrons. The van der Waals surface area contributed by atoms with Crippen LogP contribution in [-0.2, 0) is 24.1 Å². The molecule has 0 saturated heterocycles. The summed E-state index contributed by atoms with van der Waals surface area (Å²) in [5.41, 5.74) is 12.4. The standard InChI is InChI=1S/C88H104N2O5/c1-4-5-7-17-56-18-10-11-21-59(56)44-55-32-39-84(48-55)40-34-70-69(84)35-41-86-72(80(94)95)30-28-63(53-91)65(57-19-8-6-9-20-57)25-14-42-89-76-31-29-62(52-90-76)60-23-12-16-54(43-60)45-67-66-24-13-22-58-26-27-61-46-64-47-74(92)82(2)36-15-37-85-49-68(67)79(78(61)77(58)66)88(64,81(82)85)71-33-38-83(86,3)87(70,51-75(86)93)73(71)50-85/h10-13,15-16,18,21-24,26-27,29,31,35,37,41,43,46,49,53,55,57,64-65,69-70,72,74-75,79,81,89-93H,4-9,14,17,19-20,25,28,30,32-34,36,38-40,42,44-45,47-48,50-52H2,1-3H3,(H,94,95). The van der Waals surface area contributed by atoms with Gasteiger partial charge in [0.2, 0.25) is 0 Å². The van der Waals surface area contributed by atoms with Gasteiger partial charge in [0.15, 0.2) is 0 Å². The van der Waals surface area contributed by atoms with Crippen LogP contribution in [0.4, 0.5) is 0 Å². The van der Waals surface area contributed by atoms with Crippen molar-refractivity contribution in [3.05, 3.63) is 194 Å². The molecule has 17 unspecified atom stereocenters. The first kappa shape index (κ1) is 61.2. The van der Waals surface area contributed by atoms with Crippen molar-refractivity contribution in [3.8, 4) is 0 Å². The van der Waals surface area contributed by atoms with Gasteiger partial charge < -0.3 is 31.1 Å². The first-order chi connectivity index (χ1) is 46.2. The van der Waals surface area contributed by atoms with E-state index in [0.717, 1.165) is 102 Å². The quantitative estimate of drug-likeness (QED) is 0.0590. The lowest BCUT2D eigenvalue weighted by Gasteiger charge is -2.76. The Morgan fingerprint density at radius 2 is 1.65 bits per heavy atom. The van der Waals surface area contributed by atoms with Gasteiger partial charge in [-0.3, -0.25) is 4.79 Å². The first-order valence-electron chi connectivity index (χ1n) is 38.3. The molecule has 18 aliphatic rings. The Labute approximate surface area is 564 Å². The predicted molar refractivity (Wildman–Crippen MR) is 382 cm³/mol. The van der Waals surface area contributed by atoms with Crippen molar-refractivity contribution in [2.75, 3.05) is 13.1 Å². The third kappa shape index (κ3) is 8.45. The fraction of sp³-hybridized carbons (Fsp3) is 0.557. The van der Waals surface area contributed by atoms with Crippen molar-refractivity contribution >= 4 is 34.0 Å². The highest BCUT2D eigenvalue weighted by Gasteiger charge is 2.82. The van der Waals surface area contributed by atoms with Gasteiger partial charge in [0.05, 0.1) is 30.2 Å². The highest BCUT2D eigenvalue weighted by molar-refractivity contribution is 5.96. The van der Waals surface area contributed by atoms with Crippen LogP contribution in [0.15, 0.2) is 156 Å². The second-order valence-corrected chi connectivity index (χ2v) is 34.3. The summed E-state index contributed by atoms with van der Waals surface area (Å²) in [4.78, 5) is 15.3. The zero-order valence-electron chi connectivity index (χ0n) is 57.0. The zero-order chi connectivity index (χ0) is 64.4. The second kappa shape index (κ2) is 22.4. The highest BCUT2D eigenvalue weighted by Crippen LogP contribution is 2.87. The lowest BCUT2D eigenvalue weighted by atomic mass is 9.27. The number of fused-ring (bicyclic) bond motifs is 2. The Bertz CT molecular complexity index is 4210. The zero-order valence-corrected chi connectivity index (χ0v) is 57.0. The maximum absolute atomic E-state index is 15.3. The van der Waals surface area contributed by atoms with Crippen molar-refractivity contribution in [1.29, 1.82) is 0 Å². The lowest BCUT2D eigenvalue weighted by Crippen LogP contribution is -2.71.